The van der Waals surface area contributed by atoms with Gasteiger partial charge in [-0.15, -0.1) is 0 Å². The van der Waals surface area contributed by atoms with Crippen molar-refractivity contribution >= 4 is 11.8 Å². The summed E-state index contributed by atoms with van der Waals surface area (Å²) in [6.45, 7) is 1.75. The minimum Gasteiger partial charge on any atom is -0.456 e. The van der Waals surface area contributed by atoms with Gasteiger partial charge in [0, 0.05) is 19.0 Å². The van der Waals surface area contributed by atoms with Gasteiger partial charge in [0.05, 0.1) is 16.7 Å². The van der Waals surface area contributed by atoms with Crippen LogP contribution in [0.2, 0.25) is 0 Å². The van der Waals surface area contributed by atoms with Crippen molar-refractivity contribution in [1.82, 2.24) is 10.6 Å². The monoisotopic (exact) mass is 492 g/mol. The molecule has 0 saturated carbocycles. The molecule has 1 atom stereocenters. The SMILES string of the molecule is CCc1cc(F)ccc1Oc1cc(C(F)(F)F)cc(C(F)(F)F)c1C(=O)NC1CCNC(=O)C1. The number of benzene rings is 2. The van der Waals surface area contributed by atoms with Gasteiger partial charge in [0.25, 0.3) is 5.91 Å². The Kier molecular flexibility index (Phi) is 7.08. The zero-order chi connectivity index (χ0) is 25.3. The van der Waals surface area contributed by atoms with Crippen LogP contribution in [0.4, 0.5) is 30.7 Å². The molecule has 3 rings (SSSR count). The second-order valence-corrected chi connectivity index (χ2v) is 7.61. The molecule has 0 spiro atoms. The van der Waals surface area contributed by atoms with Crippen molar-refractivity contribution in [2.24, 2.45) is 0 Å². The lowest BCUT2D eigenvalue weighted by Crippen LogP contribution is -2.45. The van der Waals surface area contributed by atoms with E-state index in [4.69, 9.17) is 4.74 Å². The molecule has 2 N–H and O–H groups in total. The number of alkyl halides is 6. The van der Waals surface area contributed by atoms with Gasteiger partial charge in [0.2, 0.25) is 5.91 Å². The van der Waals surface area contributed by atoms with E-state index < -0.39 is 58.5 Å². The summed E-state index contributed by atoms with van der Waals surface area (Å²) in [7, 11) is 0. The van der Waals surface area contributed by atoms with Crippen LogP contribution in [0, 0.1) is 5.82 Å². The molecule has 0 bridgehead atoms. The number of nitrogens with one attached hydrogen (secondary N) is 2. The first-order chi connectivity index (χ1) is 15.8. The summed E-state index contributed by atoms with van der Waals surface area (Å²) in [4.78, 5) is 24.5. The molecule has 184 valence electrons. The molecule has 0 aliphatic carbocycles. The van der Waals surface area contributed by atoms with Crippen LogP contribution in [0.15, 0.2) is 30.3 Å². The zero-order valence-corrected chi connectivity index (χ0v) is 17.7. The third-order valence-electron chi connectivity index (χ3n) is 5.17. The van der Waals surface area contributed by atoms with Crippen molar-refractivity contribution in [3.05, 3.63) is 58.4 Å². The highest BCUT2D eigenvalue weighted by molar-refractivity contribution is 5.99. The molecule has 2 aromatic rings. The lowest BCUT2D eigenvalue weighted by atomic mass is 9.99. The number of ether oxygens (including phenoxy) is 1. The van der Waals surface area contributed by atoms with E-state index in [1.54, 1.807) is 6.92 Å². The summed E-state index contributed by atoms with van der Waals surface area (Å²) in [5.41, 5.74) is -4.53. The molecule has 1 unspecified atom stereocenters. The highest BCUT2D eigenvalue weighted by atomic mass is 19.4. The Labute approximate surface area is 189 Å². The molecule has 0 radical (unpaired) electrons. The fourth-order valence-electron chi connectivity index (χ4n) is 3.52. The van der Waals surface area contributed by atoms with Gasteiger partial charge in [-0.1, -0.05) is 6.92 Å². The normalized spacial score (nSPS) is 16.7. The Hall–Kier alpha value is -3.31. The number of rotatable bonds is 5. The molecule has 1 saturated heterocycles. The number of halogens is 7. The van der Waals surface area contributed by atoms with Crippen LogP contribution < -0.4 is 15.4 Å². The molecule has 0 aromatic heterocycles. The maximum absolute atomic E-state index is 13.8. The van der Waals surface area contributed by atoms with Gasteiger partial charge in [-0.3, -0.25) is 9.59 Å². The van der Waals surface area contributed by atoms with Gasteiger partial charge in [0.15, 0.2) is 0 Å². The first-order valence-electron chi connectivity index (χ1n) is 10.2. The largest absolute Gasteiger partial charge is 0.456 e. The van der Waals surface area contributed by atoms with Gasteiger partial charge >= 0.3 is 12.4 Å². The van der Waals surface area contributed by atoms with E-state index in [0.29, 0.717) is 6.07 Å². The number of carbonyl (C=O) groups excluding carboxylic acids is 2. The van der Waals surface area contributed by atoms with E-state index in [1.165, 1.54) is 0 Å². The van der Waals surface area contributed by atoms with Gasteiger partial charge in [-0.25, -0.2) is 4.39 Å². The Morgan fingerprint density at radius 3 is 2.38 bits per heavy atom. The number of hydrogen-bond donors (Lipinski definition) is 2. The molecule has 2 amide bonds. The number of aryl methyl sites for hydroxylation is 1. The second kappa shape index (κ2) is 9.51. The minimum absolute atomic E-state index is 0.150. The minimum atomic E-state index is -5.34. The number of carbonyl (C=O) groups is 2. The summed E-state index contributed by atoms with van der Waals surface area (Å²) in [5.74, 6) is -3.67. The summed E-state index contributed by atoms with van der Waals surface area (Å²) >= 11 is 0. The summed E-state index contributed by atoms with van der Waals surface area (Å²) < 4.78 is 101. The Morgan fingerprint density at radius 1 is 1.09 bits per heavy atom. The average molecular weight is 492 g/mol. The molecule has 1 aliphatic rings. The highest BCUT2D eigenvalue weighted by Gasteiger charge is 2.42. The first-order valence-corrected chi connectivity index (χ1v) is 10.2. The van der Waals surface area contributed by atoms with E-state index in [1.807, 2.05) is 0 Å². The number of amides is 2. The fraction of sp³-hybridized carbons (Fsp3) is 0.364. The molecule has 1 aliphatic heterocycles. The van der Waals surface area contributed by atoms with E-state index in [-0.39, 0.29) is 43.2 Å². The maximum Gasteiger partial charge on any atom is 0.417 e. The molecule has 1 heterocycles. The molecule has 12 heteroatoms. The van der Waals surface area contributed by atoms with Crippen molar-refractivity contribution in [2.75, 3.05) is 6.54 Å². The molecule has 1 fully saturated rings. The number of piperidine rings is 1. The molecule has 5 nitrogen and oxygen atoms in total. The van der Waals surface area contributed by atoms with E-state index in [2.05, 4.69) is 10.6 Å². The van der Waals surface area contributed by atoms with Crippen LogP contribution in [0.3, 0.4) is 0 Å². The van der Waals surface area contributed by atoms with Crippen LogP contribution in [0.5, 0.6) is 11.5 Å². The van der Waals surface area contributed by atoms with E-state index in [9.17, 15) is 40.3 Å². The van der Waals surface area contributed by atoms with Gasteiger partial charge in [0.1, 0.15) is 17.3 Å². The Bertz CT molecular complexity index is 1100. The topological polar surface area (TPSA) is 67.4 Å². The number of hydrogen-bond acceptors (Lipinski definition) is 3. The van der Waals surface area contributed by atoms with Gasteiger partial charge < -0.3 is 15.4 Å². The molecular formula is C22H19F7N2O3. The summed E-state index contributed by atoms with van der Waals surface area (Å²) in [5, 5.41) is 4.77. The predicted molar refractivity (Wildman–Crippen MR) is 106 cm³/mol. The highest BCUT2D eigenvalue weighted by Crippen LogP contribution is 2.43. The smallest absolute Gasteiger partial charge is 0.417 e. The lowest BCUT2D eigenvalue weighted by Gasteiger charge is -2.25. The standard InChI is InChI=1S/C22H19F7N2O3/c1-2-11-7-13(23)3-4-16(11)34-17-9-12(21(24,25)26)8-15(22(27,28)29)19(17)20(33)31-14-5-6-30-18(32)10-14/h3-4,7-9,14H,2,5-6,10H2,1H3,(H,30,32)(H,31,33). The lowest BCUT2D eigenvalue weighted by molar-refractivity contribution is -0.143. The molecule has 2 aromatic carbocycles. The van der Waals surface area contributed by atoms with E-state index >= 15 is 0 Å². The third-order valence-corrected chi connectivity index (χ3v) is 5.17. The van der Waals surface area contributed by atoms with Crippen molar-refractivity contribution in [3.8, 4) is 11.5 Å². The van der Waals surface area contributed by atoms with Gasteiger partial charge in [-0.2, -0.15) is 26.3 Å². The average Bonchev–Trinajstić information content (AvgIpc) is 2.73. The van der Waals surface area contributed by atoms with Crippen LogP contribution in [-0.4, -0.2) is 24.4 Å². The summed E-state index contributed by atoms with van der Waals surface area (Å²) in [6.07, 6.45) is -10.4. The van der Waals surface area contributed by atoms with Crippen LogP contribution in [0.1, 0.15) is 46.8 Å². The predicted octanol–water partition coefficient (Wildman–Crippen LogP) is 5.23. The van der Waals surface area contributed by atoms with E-state index in [0.717, 1.165) is 18.2 Å². The van der Waals surface area contributed by atoms with Gasteiger partial charge in [-0.05, 0) is 48.7 Å². The Morgan fingerprint density at radius 2 is 1.79 bits per heavy atom. The van der Waals surface area contributed by atoms with Crippen LogP contribution in [-0.2, 0) is 23.6 Å². The third kappa shape index (κ3) is 5.78. The molecular weight excluding hydrogens is 473 g/mol. The van der Waals surface area contributed by atoms with Crippen molar-refractivity contribution < 1.29 is 45.1 Å². The van der Waals surface area contributed by atoms with Crippen molar-refractivity contribution in [1.29, 1.82) is 0 Å². The maximum atomic E-state index is 13.8. The Balaban J connectivity index is 2.16. The summed E-state index contributed by atoms with van der Waals surface area (Å²) in [6, 6.07) is 2.30. The molecule has 34 heavy (non-hydrogen) atoms. The van der Waals surface area contributed by atoms with Crippen LogP contribution in [0.25, 0.3) is 0 Å². The quantitative estimate of drug-likeness (QED) is 0.562. The van der Waals surface area contributed by atoms with Crippen LogP contribution >= 0.6 is 0 Å². The first kappa shape index (κ1) is 25.3. The van der Waals surface area contributed by atoms with Crippen molar-refractivity contribution in [3.63, 3.8) is 0 Å². The van der Waals surface area contributed by atoms with Crippen molar-refractivity contribution in [2.45, 2.75) is 44.6 Å². The second-order valence-electron chi connectivity index (χ2n) is 7.61. The zero-order valence-electron chi connectivity index (χ0n) is 17.7. The fourth-order valence-corrected chi connectivity index (χ4v) is 3.52.